The van der Waals surface area contributed by atoms with Crippen LogP contribution >= 0.6 is 0 Å². The second-order valence-electron chi connectivity index (χ2n) is 3.99. The molecule has 5 heteroatoms. The van der Waals surface area contributed by atoms with E-state index < -0.39 is 9.84 Å². The molecule has 0 unspecified atom stereocenters. The molecule has 0 aliphatic heterocycles. The van der Waals surface area contributed by atoms with E-state index in [1.54, 1.807) is 19.1 Å². The molecule has 0 radical (unpaired) electrons. The molecule has 1 aromatic carbocycles. The monoisotopic (exact) mass is 270 g/mol. The van der Waals surface area contributed by atoms with Crippen LogP contribution in [0.25, 0.3) is 0 Å². The lowest BCUT2D eigenvalue weighted by Gasteiger charge is -2.05. The van der Waals surface area contributed by atoms with Gasteiger partial charge in [-0.05, 0) is 30.7 Å². The average molecular weight is 270 g/mol. The summed E-state index contributed by atoms with van der Waals surface area (Å²) < 4.78 is 28.9. The minimum Gasteiger partial charge on any atom is -0.497 e. The fourth-order valence-electron chi connectivity index (χ4n) is 1.54. The summed E-state index contributed by atoms with van der Waals surface area (Å²) >= 11 is 0. The van der Waals surface area contributed by atoms with Gasteiger partial charge in [-0.3, -0.25) is 4.79 Å². The van der Waals surface area contributed by atoms with Crippen LogP contribution in [0, 0.1) is 0 Å². The summed E-state index contributed by atoms with van der Waals surface area (Å²) in [5.41, 5.74) is 0. The van der Waals surface area contributed by atoms with E-state index in [-0.39, 0.29) is 16.4 Å². The van der Waals surface area contributed by atoms with E-state index in [0.29, 0.717) is 25.0 Å². The van der Waals surface area contributed by atoms with Gasteiger partial charge in [-0.1, -0.05) is 6.92 Å². The minimum atomic E-state index is -3.30. The Morgan fingerprint density at radius 1 is 1.22 bits per heavy atom. The van der Waals surface area contributed by atoms with Crippen LogP contribution in [-0.2, 0) is 14.6 Å². The molecule has 0 atom stereocenters. The number of sulfone groups is 1. The number of hydrogen-bond donors (Lipinski definition) is 0. The first-order valence-electron chi connectivity index (χ1n) is 5.88. The van der Waals surface area contributed by atoms with Crippen molar-refractivity contribution in [2.24, 2.45) is 0 Å². The number of carbonyl (C=O) groups excluding carboxylic acids is 1. The molecule has 18 heavy (non-hydrogen) atoms. The van der Waals surface area contributed by atoms with Gasteiger partial charge in [-0.15, -0.1) is 0 Å². The first-order chi connectivity index (χ1) is 8.49. The molecule has 1 aromatic rings. The van der Waals surface area contributed by atoms with E-state index in [2.05, 4.69) is 0 Å². The third-order valence-electron chi connectivity index (χ3n) is 2.68. The first-order valence-corrected chi connectivity index (χ1v) is 7.53. The smallest absolute Gasteiger partial charge is 0.178 e. The average Bonchev–Trinajstić information content (AvgIpc) is 2.38. The van der Waals surface area contributed by atoms with E-state index in [1.165, 1.54) is 19.2 Å². The number of hydrogen-bond acceptors (Lipinski definition) is 4. The van der Waals surface area contributed by atoms with Crippen LogP contribution in [0.1, 0.15) is 26.2 Å². The summed E-state index contributed by atoms with van der Waals surface area (Å²) in [5, 5.41) is 0. The molecule has 0 saturated heterocycles. The van der Waals surface area contributed by atoms with E-state index >= 15 is 0 Å². The van der Waals surface area contributed by atoms with Crippen molar-refractivity contribution in [3.63, 3.8) is 0 Å². The van der Waals surface area contributed by atoms with Gasteiger partial charge in [0, 0.05) is 12.8 Å². The summed E-state index contributed by atoms with van der Waals surface area (Å²) in [6.45, 7) is 1.78. The summed E-state index contributed by atoms with van der Waals surface area (Å²) in [6, 6.07) is 6.28. The van der Waals surface area contributed by atoms with Gasteiger partial charge in [0.2, 0.25) is 0 Å². The van der Waals surface area contributed by atoms with E-state index in [0.717, 1.165) is 0 Å². The molecular formula is C13H18O4S. The van der Waals surface area contributed by atoms with Crippen LogP contribution < -0.4 is 4.74 Å². The van der Waals surface area contributed by atoms with E-state index in [4.69, 9.17) is 4.74 Å². The van der Waals surface area contributed by atoms with Gasteiger partial charge >= 0.3 is 0 Å². The highest BCUT2D eigenvalue weighted by molar-refractivity contribution is 7.91. The van der Waals surface area contributed by atoms with Crippen molar-refractivity contribution < 1.29 is 17.9 Å². The second-order valence-corrected chi connectivity index (χ2v) is 6.10. The van der Waals surface area contributed by atoms with Gasteiger partial charge in [-0.2, -0.15) is 0 Å². The van der Waals surface area contributed by atoms with Crippen LogP contribution in [0.2, 0.25) is 0 Å². The number of ether oxygens (including phenoxy) is 1. The number of benzene rings is 1. The third-order valence-corrected chi connectivity index (χ3v) is 4.50. The lowest BCUT2D eigenvalue weighted by Crippen LogP contribution is -2.08. The highest BCUT2D eigenvalue weighted by atomic mass is 32.2. The minimum absolute atomic E-state index is 0.00503. The van der Waals surface area contributed by atoms with Gasteiger partial charge in [0.1, 0.15) is 11.5 Å². The van der Waals surface area contributed by atoms with Crippen LogP contribution in [0.4, 0.5) is 0 Å². The second kappa shape index (κ2) is 6.54. The predicted molar refractivity (Wildman–Crippen MR) is 69.6 cm³/mol. The fraction of sp³-hybridized carbons (Fsp3) is 0.462. The van der Waals surface area contributed by atoms with Gasteiger partial charge in [0.15, 0.2) is 9.84 Å². The number of methoxy groups -OCH3 is 1. The number of ketones is 1. The van der Waals surface area contributed by atoms with Gasteiger partial charge in [0.05, 0.1) is 17.8 Å². The molecule has 0 aliphatic rings. The Balaban J connectivity index is 2.65. The molecule has 0 aromatic heterocycles. The zero-order chi connectivity index (χ0) is 13.6. The maximum Gasteiger partial charge on any atom is 0.178 e. The molecule has 0 heterocycles. The Bertz CT molecular complexity index is 488. The van der Waals surface area contributed by atoms with Crippen molar-refractivity contribution in [2.45, 2.75) is 31.1 Å². The summed E-state index contributed by atoms with van der Waals surface area (Å²) in [5.74, 6) is 0.723. The molecule has 0 spiro atoms. The topological polar surface area (TPSA) is 60.4 Å². The molecule has 1 rings (SSSR count). The summed E-state index contributed by atoms with van der Waals surface area (Å²) in [7, 11) is -1.77. The Kier molecular flexibility index (Phi) is 5.34. The highest BCUT2D eigenvalue weighted by Gasteiger charge is 2.14. The van der Waals surface area contributed by atoms with Crippen LogP contribution in [0.15, 0.2) is 29.2 Å². The van der Waals surface area contributed by atoms with Crippen molar-refractivity contribution in [2.75, 3.05) is 12.9 Å². The molecule has 100 valence electrons. The molecule has 0 N–H and O–H groups in total. The molecule has 0 fully saturated rings. The fourth-order valence-corrected chi connectivity index (χ4v) is 2.85. The molecular weight excluding hydrogens is 252 g/mol. The SMILES string of the molecule is CCC(=O)CCCS(=O)(=O)c1ccc(OC)cc1. The van der Waals surface area contributed by atoms with Crippen molar-refractivity contribution in [3.05, 3.63) is 24.3 Å². The molecule has 0 bridgehead atoms. The number of Topliss-reactive ketones (excluding diaryl/α,β-unsaturated/α-hetero) is 1. The summed E-state index contributed by atoms with van der Waals surface area (Å²) in [4.78, 5) is 11.4. The standard InChI is InChI=1S/C13H18O4S/c1-3-11(14)5-4-10-18(15,16)13-8-6-12(17-2)7-9-13/h6-9H,3-5,10H2,1-2H3. The van der Waals surface area contributed by atoms with Gasteiger partial charge < -0.3 is 4.74 Å². The van der Waals surface area contributed by atoms with Gasteiger partial charge in [0.25, 0.3) is 0 Å². The maximum absolute atomic E-state index is 11.9. The quantitative estimate of drug-likeness (QED) is 0.762. The molecule has 0 amide bonds. The van der Waals surface area contributed by atoms with Crippen molar-refractivity contribution in [1.29, 1.82) is 0 Å². The predicted octanol–water partition coefficient (Wildman–Crippen LogP) is 2.23. The zero-order valence-electron chi connectivity index (χ0n) is 10.7. The largest absolute Gasteiger partial charge is 0.497 e. The summed E-state index contributed by atoms with van der Waals surface area (Å²) in [6.07, 6.45) is 1.16. The van der Waals surface area contributed by atoms with Crippen LogP contribution in [0.3, 0.4) is 0 Å². The molecule has 0 aliphatic carbocycles. The molecule has 0 saturated carbocycles. The van der Waals surface area contributed by atoms with Crippen LogP contribution in [0.5, 0.6) is 5.75 Å². The normalized spacial score (nSPS) is 11.2. The number of carbonyl (C=O) groups is 1. The Labute approximate surface area is 108 Å². The van der Waals surface area contributed by atoms with Crippen LogP contribution in [-0.4, -0.2) is 27.1 Å². The van der Waals surface area contributed by atoms with E-state index in [9.17, 15) is 13.2 Å². The molecule has 4 nitrogen and oxygen atoms in total. The maximum atomic E-state index is 11.9. The number of rotatable bonds is 7. The third kappa shape index (κ3) is 4.14. The Hall–Kier alpha value is -1.36. The lowest BCUT2D eigenvalue weighted by molar-refractivity contribution is -0.118. The zero-order valence-corrected chi connectivity index (χ0v) is 11.5. The van der Waals surface area contributed by atoms with Crippen molar-refractivity contribution >= 4 is 15.6 Å². The van der Waals surface area contributed by atoms with E-state index in [1.807, 2.05) is 0 Å². The van der Waals surface area contributed by atoms with Crippen molar-refractivity contribution in [3.8, 4) is 5.75 Å². The highest BCUT2D eigenvalue weighted by Crippen LogP contribution is 2.17. The van der Waals surface area contributed by atoms with Gasteiger partial charge in [-0.25, -0.2) is 8.42 Å². The lowest BCUT2D eigenvalue weighted by atomic mass is 10.2. The first kappa shape index (κ1) is 14.7. The van der Waals surface area contributed by atoms with Crippen molar-refractivity contribution in [1.82, 2.24) is 0 Å². The Morgan fingerprint density at radius 2 is 1.83 bits per heavy atom. The Morgan fingerprint density at radius 3 is 2.33 bits per heavy atom.